The summed E-state index contributed by atoms with van der Waals surface area (Å²) in [5.41, 5.74) is 1.93. The number of benzene rings is 1. The zero-order valence-electron chi connectivity index (χ0n) is 14.6. The van der Waals surface area contributed by atoms with Crippen LogP contribution in [0.2, 0.25) is 0 Å². The Morgan fingerprint density at radius 3 is 2.88 bits per heavy atom. The van der Waals surface area contributed by atoms with Gasteiger partial charge in [-0.3, -0.25) is 9.36 Å². The molecule has 134 valence electrons. The number of hydrogen-bond donors (Lipinski definition) is 0. The second-order valence-electron chi connectivity index (χ2n) is 6.51. The Kier molecular flexibility index (Phi) is 4.59. The Hall–Kier alpha value is -2.47. The number of carbonyl (C=O) groups is 1. The van der Waals surface area contributed by atoms with E-state index in [1.54, 1.807) is 11.3 Å². The van der Waals surface area contributed by atoms with Crippen molar-refractivity contribution in [2.75, 3.05) is 0 Å². The minimum atomic E-state index is -0.653. The zero-order valence-corrected chi connectivity index (χ0v) is 15.4. The fourth-order valence-electron chi connectivity index (χ4n) is 3.52. The van der Waals surface area contributed by atoms with Crippen LogP contribution in [-0.2, 0) is 29.0 Å². The number of esters is 1. The summed E-state index contributed by atoms with van der Waals surface area (Å²) in [6.45, 7) is 2.08. The van der Waals surface area contributed by atoms with Crippen LogP contribution in [0.3, 0.4) is 0 Å². The molecule has 0 aliphatic heterocycles. The summed E-state index contributed by atoms with van der Waals surface area (Å²) in [5.74, 6) is -0.397. The highest BCUT2D eigenvalue weighted by Gasteiger charge is 2.26. The molecule has 0 radical (unpaired) electrons. The van der Waals surface area contributed by atoms with E-state index in [-0.39, 0.29) is 12.2 Å². The van der Waals surface area contributed by atoms with Crippen LogP contribution in [0.5, 0.6) is 0 Å². The Labute approximate surface area is 155 Å². The first-order valence-electron chi connectivity index (χ1n) is 8.91. The molecular formula is C20H20N2O3S. The summed E-state index contributed by atoms with van der Waals surface area (Å²) in [6, 6.07) is 8.88. The normalized spacial score (nSPS) is 14.3. The van der Waals surface area contributed by atoms with Crippen LogP contribution in [0.4, 0.5) is 0 Å². The quantitative estimate of drug-likeness (QED) is 0.645. The number of thiophene rings is 1. The molecule has 0 saturated heterocycles. The van der Waals surface area contributed by atoms with Crippen molar-refractivity contribution in [1.29, 1.82) is 0 Å². The van der Waals surface area contributed by atoms with Crippen LogP contribution >= 0.6 is 11.3 Å². The summed E-state index contributed by atoms with van der Waals surface area (Å²) in [4.78, 5) is 32.1. The SMILES string of the molecule is CC[C@@H](C(=O)OCc1ccccc1)n1cnc2sc3c(c2c1=O)CCC3. The molecule has 1 aliphatic carbocycles. The van der Waals surface area contributed by atoms with Crippen molar-refractivity contribution in [3.8, 4) is 0 Å². The molecule has 0 saturated carbocycles. The smallest absolute Gasteiger partial charge is 0.329 e. The fourth-order valence-corrected chi connectivity index (χ4v) is 4.74. The third-order valence-electron chi connectivity index (χ3n) is 4.87. The lowest BCUT2D eigenvalue weighted by molar-refractivity contribution is -0.149. The van der Waals surface area contributed by atoms with E-state index in [0.29, 0.717) is 11.8 Å². The van der Waals surface area contributed by atoms with Crippen molar-refractivity contribution >= 4 is 27.5 Å². The summed E-state index contributed by atoms with van der Waals surface area (Å²) in [6.07, 6.45) is 5.00. The summed E-state index contributed by atoms with van der Waals surface area (Å²) >= 11 is 1.60. The molecule has 1 atom stereocenters. The van der Waals surface area contributed by atoms with Gasteiger partial charge in [0.15, 0.2) is 0 Å². The lowest BCUT2D eigenvalue weighted by Crippen LogP contribution is -2.31. The zero-order chi connectivity index (χ0) is 18.1. The second-order valence-corrected chi connectivity index (χ2v) is 7.60. The minimum Gasteiger partial charge on any atom is -0.459 e. The van der Waals surface area contributed by atoms with Crippen LogP contribution in [0, 0.1) is 0 Å². The Balaban J connectivity index is 1.63. The third-order valence-corrected chi connectivity index (χ3v) is 6.07. The first-order chi connectivity index (χ1) is 12.7. The van der Waals surface area contributed by atoms with E-state index in [1.165, 1.54) is 15.8 Å². The van der Waals surface area contributed by atoms with Crippen molar-refractivity contribution < 1.29 is 9.53 Å². The van der Waals surface area contributed by atoms with E-state index in [2.05, 4.69) is 4.98 Å². The first kappa shape index (κ1) is 17.0. The van der Waals surface area contributed by atoms with E-state index in [0.717, 1.165) is 35.2 Å². The highest BCUT2D eigenvalue weighted by molar-refractivity contribution is 7.18. The molecule has 0 unspecified atom stereocenters. The maximum Gasteiger partial charge on any atom is 0.329 e. The van der Waals surface area contributed by atoms with Gasteiger partial charge >= 0.3 is 5.97 Å². The van der Waals surface area contributed by atoms with Gasteiger partial charge in [-0.2, -0.15) is 0 Å². The topological polar surface area (TPSA) is 61.2 Å². The lowest BCUT2D eigenvalue weighted by Gasteiger charge is -2.17. The van der Waals surface area contributed by atoms with Gasteiger partial charge in [0, 0.05) is 4.88 Å². The van der Waals surface area contributed by atoms with Crippen LogP contribution in [0.1, 0.15) is 41.8 Å². The average Bonchev–Trinajstić information content (AvgIpc) is 3.24. The number of nitrogens with zero attached hydrogens (tertiary/aromatic N) is 2. The van der Waals surface area contributed by atoms with Gasteiger partial charge in [-0.1, -0.05) is 37.3 Å². The molecule has 4 rings (SSSR count). The standard InChI is InChI=1S/C20H20N2O3S/c1-2-15(20(24)25-11-13-7-4-3-5-8-13)22-12-21-18-17(19(22)23)14-9-6-10-16(14)26-18/h3-5,7-8,12,15H,2,6,9-11H2,1H3/t15-/m0/s1. The highest BCUT2D eigenvalue weighted by atomic mass is 32.1. The monoisotopic (exact) mass is 368 g/mol. The minimum absolute atomic E-state index is 0.127. The summed E-state index contributed by atoms with van der Waals surface area (Å²) in [5, 5.41) is 0.694. The first-order valence-corrected chi connectivity index (χ1v) is 9.72. The number of fused-ring (bicyclic) bond motifs is 3. The van der Waals surface area contributed by atoms with Gasteiger partial charge in [0.1, 0.15) is 17.5 Å². The molecule has 5 nitrogen and oxygen atoms in total. The van der Waals surface area contributed by atoms with Crippen LogP contribution < -0.4 is 5.56 Å². The summed E-state index contributed by atoms with van der Waals surface area (Å²) < 4.78 is 6.90. The molecule has 2 aromatic heterocycles. The van der Waals surface area contributed by atoms with E-state index in [4.69, 9.17) is 4.74 Å². The Morgan fingerprint density at radius 2 is 2.12 bits per heavy atom. The van der Waals surface area contributed by atoms with E-state index in [9.17, 15) is 9.59 Å². The van der Waals surface area contributed by atoms with Crippen molar-refractivity contribution in [1.82, 2.24) is 9.55 Å². The van der Waals surface area contributed by atoms with Gasteiger partial charge in [-0.15, -0.1) is 11.3 Å². The second kappa shape index (κ2) is 7.03. The van der Waals surface area contributed by atoms with Crippen LogP contribution in [0.15, 0.2) is 41.5 Å². The highest BCUT2D eigenvalue weighted by Crippen LogP contribution is 2.34. The number of ether oxygens (including phenoxy) is 1. The summed E-state index contributed by atoms with van der Waals surface area (Å²) in [7, 11) is 0. The van der Waals surface area contributed by atoms with E-state index < -0.39 is 12.0 Å². The van der Waals surface area contributed by atoms with Crippen LogP contribution in [0.25, 0.3) is 10.2 Å². The van der Waals surface area contributed by atoms with E-state index >= 15 is 0 Å². The average molecular weight is 368 g/mol. The molecule has 1 aliphatic rings. The molecule has 0 spiro atoms. The molecule has 1 aromatic carbocycles. The van der Waals surface area contributed by atoms with Gasteiger partial charge < -0.3 is 4.74 Å². The molecule has 0 fully saturated rings. The maximum absolute atomic E-state index is 13.1. The van der Waals surface area contributed by atoms with E-state index in [1.807, 2.05) is 37.3 Å². The third kappa shape index (κ3) is 2.94. The molecule has 0 N–H and O–H groups in total. The molecule has 0 amide bonds. The van der Waals surface area contributed by atoms with Crippen molar-refractivity contribution in [2.24, 2.45) is 0 Å². The molecule has 26 heavy (non-hydrogen) atoms. The predicted molar refractivity (Wildman–Crippen MR) is 101 cm³/mol. The van der Waals surface area contributed by atoms with Crippen molar-refractivity contribution in [3.63, 3.8) is 0 Å². The maximum atomic E-state index is 13.1. The van der Waals surface area contributed by atoms with Gasteiger partial charge in [0.25, 0.3) is 5.56 Å². The van der Waals surface area contributed by atoms with Gasteiger partial charge in [0.05, 0.1) is 11.7 Å². The number of carbonyl (C=O) groups excluding carboxylic acids is 1. The van der Waals surface area contributed by atoms with Crippen molar-refractivity contribution in [3.05, 3.63) is 63.0 Å². The van der Waals surface area contributed by atoms with Crippen molar-refractivity contribution in [2.45, 2.75) is 45.3 Å². The number of rotatable bonds is 5. The Bertz CT molecular complexity index is 1010. The fraction of sp³-hybridized carbons (Fsp3) is 0.350. The molecule has 0 bridgehead atoms. The number of aromatic nitrogens is 2. The van der Waals surface area contributed by atoms with Crippen LogP contribution in [-0.4, -0.2) is 15.5 Å². The number of aryl methyl sites for hydroxylation is 2. The predicted octanol–water partition coefficient (Wildman–Crippen LogP) is 3.64. The van der Waals surface area contributed by atoms with Gasteiger partial charge in [0.2, 0.25) is 0 Å². The molecule has 2 heterocycles. The molecule has 6 heteroatoms. The van der Waals surface area contributed by atoms with Gasteiger partial charge in [-0.25, -0.2) is 9.78 Å². The molecular weight excluding hydrogens is 348 g/mol. The molecule has 3 aromatic rings. The largest absolute Gasteiger partial charge is 0.459 e. The lowest BCUT2D eigenvalue weighted by atomic mass is 10.2. The Morgan fingerprint density at radius 1 is 1.31 bits per heavy atom. The van der Waals surface area contributed by atoms with Gasteiger partial charge in [-0.05, 0) is 36.8 Å². The number of hydrogen-bond acceptors (Lipinski definition) is 5.